The number of aryl methyl sites for hydroxylation is 1. The van der Waals surface area contributed by atoms with Gasteiger partial charge in [-0.2, -0.15) is 4.98 Å². The lowest BCUT2D eigenvalue weighted by atomic mass is 10.1. The molecule has 2 N–H and O–H groups in total. The Kier molecular flexibility index (Phi) is 3.58. The predicted molar refractivity (Wildman–Crippen MR) is 81.8 cm³/mol. The van der Waals surface area contributed by atoms with Crippen molar-refractivity contribution in [3.63, 3.8) is 0 Å². The maximum absolute atomic E-state index is 6.01. The fourth-order valence-corrected chi connectivity index (χ4v) is 2.27. The number of aromatic nitrogens is 3. The molecule has 0 saturated heterocycles. The van der Waals surface area contributed by atoms with Crippen molar-refractivity contribution in [3.8, 4) is 22.8 Å². The van der Waals surface area contributed by atoms with E-state index in [9.17, 15) is 0 Å². The smallest absolute Gasteiger partial charge is 0.260 e. The predicted octanol–water partition coefficient (Wildman–Crippen LogP) is 3.60. The number of anilines is 1. The van der Waals surface area contributed by atoms with Gasteiger partial charge in [-0.25, -0.2) is 0 Å². The van der Waals surface area contributed by atoms with Crippen LogP contribution in [0, 0.1) is 0 Å². The maximum Gasteiger partial charge on any atom is 0.260 e. The van der Waals surface area contributed by atoms with Gasteiger partial charge in [-0.1, -0.05) is 29.7 Å². The quantitative estimate of drug-likeness (QED) is 0.748. The molecule has 5 nitrogen and oxygen atoms in total. The first-order valence-electron chi connectivity index (χ1n) is 6.52. The molecule has 0 fully saturated rings. The van der Waals surface area contributed by atoms with E-state index in [1.54, 1.807) is 30.6 Å². The zero-order valence-corrected chi connectivity index (χ0v) is 12.1. The van der Waals surface area contributed by atoms with E-state index >= 15 is 0 Å². The van der Waals surface area contributed by atoms with Crippen LogP contribution in [0.4, 0.5) is 5.69 Å². The summed E-state index contributed by atoms with van der Waals surface area (Å²) in [6, 6.07) is 7.18. The number of hydrogen-bond acceptors (Lipinski definition) is 5. The second-order valence-electron chi connectivity index (χ2n) is 4.51. The molecular weight excluding hydrogens is 288 g/mol. The van der Waals surface area contributed by atoms with Gasteiger partial charge in [0.2, 0.25) is 5.82 Å². The van der Waals surface area contributed by atoms with E-state index in [2.05, 4.69) is 22.0 Å². The molecule has 0 unspecified atom stereocenters. The highest BCUT2D eigenvalue weighted by Crippen LogP contribution is 2.31. The Balaban J connectivity index is 2.06. The molecule has 2 aromatic heterocycles. The molecule has 0 bridgehead atoms. The zero-order valence-electron chi connectivity index (χ0n) is 11.4. The summed E-state index contributed by atoms with van der Waals surface area (Å²) in [5.41, 5.74) is 8.98. The molecule has 3 rings (SSSR count). The molecule has 1 aromatic carbocycles. The van der Waals surface area contributed by atoms with Gasteiger partial charge in [-0.15, -0.1) is 0 Å². The van der Waals surface area contributed by atoms with Crippen molar-refractivity contribution in [2.75, 3.05) is 5.73 Å². The van der Waals surface area contributed by atoms with Crippen LogP contribution in [0.2, 0.25) is 5.02 Å². The third-order valence-electron chi connectivity index (χ3n) is 3.23. The summed E-state index contributed by atoms with van der Waals surface area (Å²) >= 11 is 6.01. The average Bonchev–Trinajstić information content (AvgIpc) is 2.99. The topological polar surface area (TPSA) is 77.8 Å². The Bertz CT molecular complexity index is 785. The lowest BCUT2D eigenvalue weighted by Gasteiger charge is -2.02. The van der Waals surface area contributed by atoms with Crippen molar-refractivity contribution >= 4 is 17.3 Å². The van der Waals surface area contributed by atoms with Gasteiger partial charge in [0, 0.05) is 18.0 Å². The minimum Gasteiger partial charge on any atom is -0.397 e. The second-order valence-corrected chi connectivity index (χ2v) is 4.92. The van der Waals surface area contributed by atoms with Gasteiger partial charge in [-0.3, -0.25) is 4.98 Å². The third-order valence-corrected chi connectivity index (χ3v) is 3.56. The molecule has 21 heavy (non-hydrogen) atoms. The van der Waals surface area contributed by atoms with Crippen molar-refractivity contribution in [2.24, 2.45) is 0 Å². The van der Waals surface area contributed by atoms with Gasteiger partial charge in [0.15, 0.2) is 0 Å². The number of para-hydroxylation sites is 1. The van der Waals surface area contributed by atoms with Gasteiger partial charge in [-0.05, 0) is 30.2 Å². The molecule has 0 amide bonds. The van der Waals surface area contributed by atoms with E-state index in [4.69, 9.17) is 21.9 Å². The minimum atomic E-state index is 0.351. The first kappa shape index (κ1) is 13.6. The van der Waals surface area contributed by atoms with Crippen LogP contribution in [0.25, 0.3) is 22.8 Å². The van der Waals surface area contributed by atoms with E-state index < -0.39 is 0 Å². The van der Waals surface area contributed by atoms with Gasteiger partial charge in [0.25, 0.3) is 5.89 Å². The first-order chi connectivity index (χ1) is 10.2. The van der Waals surface area contributed by atoms with Crippen LogP contribution in [-0.4, -0.2) is 15.1 Å². The molecule has 0 aliphatic heterocycles. The Morgan fingerprint density at radius 1 is 1.24 bits per heavy atom. The van der Waals surface area contributed by atoms with Crippen molar-refractivity contribution in [3.05, 3.63) is 47.2 Å². The van der Waals surface area contributed by atoms with Gasteiger partial charge in [0.05, 0.1) is 16.3 Å². The molecule has 106 valence electrons. The monoisotopic (exact) mass is 300 g/mol. The van der Waals surface area contributed by atoms with Crippen molar-refractivity contribution < 1.29 is 4.52 Å². The lowest BCUT2D eigenvalue weighted by molar-refractivity contribution is 0.432. The van der Waals surface area contributed by atoms with E-state index in [0.717, 1.165) is 17.5 Å². The number of hydrogen-bond donors (Lipinski definition) is 1. The molecule has 0 saturated carbocycles. The fraction of sp³-hybridized carbons (Fsp3) is 0.133. The molecule has 0 spiro atoms. The zero-order chi connectivity index (χ0) is 14.8. The summed E-state index contributed by atoms with van der Waals surface area (Å²) in [6.45, 7) is 2.05. The largest absolute Gasteiger partial charge is 0.397 e. The Morgan fingerprint density at radius 3 is 2.90 bits per heavy atom. The lowest BCUT2D eigenvalue weighted by Crippen LogP contribution is -1.92. The van der Waals surface area contributed by atoms with Gasteiger partial charge in [0.1, 0.15) is 0 Å². The fourth-order valence-electron chi connectivity index (χ4n) is 2.09. The van der Waals surface area contributed by atoms with Crippen molar-refractivity contribution in [2.45, 2.75) is 13.3 Å². The van der Waals surface area contributed by atoms with E-state index in [0.29, 0.717) is 28.0 Å². The van der Waals surface area contributed by atoms with E-state index in [1.165, 1.54) is 0 Å². The second kappa shape index (κ2) is 5.54. The highest BCUT2D eigenvalue weighted by molar-refractivity contribution is 6.33. The van der Waals surface area contributed by atoms with Gasteiger partial charge < -0.3 is 10.3 Å². The van der Waals surface area contributed by atoms with Crippen LogP contribution in [0.15, 0.2) is 41.2 Å². The maximum atomic E-state index is 6.01. The standard InChI is InChI=1S/C15H13ClN4O/c1-2-9-8-18-7-6-10(9)14-19-15(21-20-14)11-4-3-5-12(16)13(11)17/h3-8H,2,17H2,1H3. The molecule has 0 radical (unpaired) electrons. The van der Waals surface area contributed by atoms with Crippen LogP contribution in [0.5, 0.6) is 0 Å². The van der Waals surface area contributed by atoms with Gasteiger partial charge >= 0.3 is 0 Å². The number of nitrogen functional groups attached to an aromatic ring is 1. The summed E-state index contributed by atoms with van der Waals surface area (Å²) in [7, 11) is 0. The summed E-state index contributed by atoms with van der Waals surface area (Å²) in [5, 5.41) is 4.49. The molecule has 0 aliphatic rings. The highest BCUT2D eigenvalue weighted by Gasteiger charge is 2.15. The Labute approximate surface area is 126 Å². The van der Waals surface area contributed by atoms with Crippen LogP contribution < -0.4 is 5.73 Å². The van der Waals surface area contributed by atoms with Crippen LogP contribution in [-0.2, 0) is 6.42 Å². The molecular formula is C15H13ClN4O. The molecule has 3 aromatic rings. The van der Waals surface area contributed by atoms with E-state index in [-0.39, 0.29) is 0 Å². The SMILES string of the molecule is CCc1cnccc1-c1noc(-c2cccc(Cl)c2N)n1. The number of rotatable bonds is 3. The number of nitrogens with two attached hydrogens (primary N) is 1. The van der Waals surface area contributed by atoms with E-state index in [1.807, 2.05) is 6.07 Å². The summed E-state index contributed by atoms with van der Waals surface area (Å²) in [4.78, 5) is 8.53. The first-order valence-corrected chi connectivity index (χ1v) is 6.89. The molecule has 0 aliphatic carbocycles. The summed E-state index contributed by atoms with van der Waals surface area (Å²) in [5.74, 6) is 0.868. The Morgan fingerprint density at radius 2 is 2.10 bits per heavy atom. The van der Waals surface area contributed by atoms with Crippen LogP contribution in [0.1, 0.15) is 12.5 Å². The average molecular weight is 301 g/mol. The van der Waals surface area contributed by atoms with Crippen LogP contribution >= 0.6 is 11.6 Å². The Hall–Kier alpha value is -2.40. The number of halogens is 1. The number of nitrogens with zero attached hydrogens (tertiary/aromatic N) is 3. The summed E-state index contributed by atoms with van der Waals surface area (Å²) < 4.78 is 5.32. The summed E-state index contributed by atoms with van der Waals surface area (Å²) in [6.07, 6.45) is 4.35. The van der Waals surface area contributed by atoms with Crippen LogP contribution in [0.3, 0.4) is 0 Å². The molecule has 2 heterocycles. The number of pyridine rings is 1. The molecule has 0 atom stereocenters. The number of benzene rings is 1. The highest BCUT2D eigenvalue weighted by atomic mass is 35.5. The normalized spacial score (nSPS) is 10.8. The van der Waals surface area contributed by atoms with Crippen molar-refractivity contribution in [1.29, 1.82) is 0 Å². The van der Waals surface area contributed by atoms with Crippen molar-refractivity contribution in [1.82, 2.24) is 15.1 Å². The third kappa shape index (κ3) is 2.48. The molecule has 6 heteroatoms. The minimum absolute atomic E-state index is 0.351.